The minimum Gasteiger partial charge on any atom is -0.507 e. The van der Waals surface area contributed by atoms with Crippen LogP contribution in [-0.4, -0.2) is 54.6 Å². The molecule has 1 aliphatic heterocycles. The second-order valence-corrected chi connectivity index (χ2v) is 8.98. The molecule has 9 nitrogen and oxygen atoms in total. The third-order valence-electron chi connectivity index (χ3n) is 6.49. The Kier molecular flexibility index (Phi) is 8.70. The lowest BCUT2D eigenvalue weighted by molar-refractivity contribution is -0.140. The van der Waals surface area contributed by atoms with Gasteiger partial charge in [0, 0.05) is 24.5 Å². The van der Waals surface area contributed by atoms with Gasteiger partial charge in [0.25, 0.3) is 11.7 Å². The number of ether oxygens (including phenoxy) is 4. The molecule has 1 atom stereocenters. The molecule has 2 aromatic carbocycles. The summed E-state index contributed by atoms with van der Waals surface area (Å²) in [6, 6.07) is 12.8. The summed E-state index contributed by atoms with van der Waals surface area (Å²) in [6.07, 6.45) is 5.12. The molecule has 0 aliphatic carbocycles. The van der Waals surface area contributed by atoms with Gasteiger partial charge in [-0.1, -0.05) is 31.5 Å². The highest BCUT2D eigenvalue weighted by molar-refractivity contribution is 6.46. The molecule has 1 unspecified atom stereocenters. The zero-order valence-corrected chi connectivity index (χ0v) is 22.5. The van der Waals surface area contributed by atoms with Crippen molar-refractivity contribution < 1.29 is 33.6 Å². The topological polar surface area (TPSA) is 107 Å². The maximum absolute atomic E-state index is 13.5. The molecule has 1 saturated heterocycles. The van der Waals surface area contributed by atoms with Gasteiger partial charge in [-0.2, -0.15) is 0 Å². The Morgan fingerprint density at radius 1 is 1.00 bits per heavy atom. The van der Waals surface area contributed by atoms with E-state index in [-0.39, 0.29) is 17.9 Å². The first-order valence-corrected chi connectivity index (χ1v) is 12.6. The molecule has 3 aromatic rings. The molecule has 0 spiro atoms. The number of nitrogens with zero attached hydrogens (tertiary/aromatic N) is 2. The number of hydrogen-bond acceptors (Lipinski definition) is 8. The number of ketones is 1. The Bertz CT molecular complexity index is 1350. The van der Waals surface area contributed by atoms with E-state index in [4.69, 9.17) is 18.9 Å². The van der Waals surface area contributed by atoms with E-state index in [2.05, 4.69) is 11.9 Å². The molecule has 2 heterocycles. The van der Waals surface area contributed by atoms with Gasteiger partial charge >= 0.3 is 0 Å². The van der Waals surface area contributed by atoms with Gasteiger partial charge in [0.2, 0.25) is 5.75 Å². The van der Waals surface area contributed by atoms with Crippen LogP contribution >= 0.6 is 0 Å². The molecule has 204 valence electrons. The summed E-state index contributed by atoms with van der Waals surface area (Å²) in [4.78, 5) is 32.4. The fourth-order valence-corrected chi connectivity index (χ4v) is 4.56. The number of carbonyl (C=O) groups is 2. The standard InChI is InChI=1S/C30H32N2O7/c1-5-6-13-39-22-11-7-10-20(14-22)27(33)25-26(21-15-23(36-2)29(38-4)24(16-21)37-3)32(30(35)28(25)34)18-19-9-8-12-31-17-19/h7-12,14-17,26,33H,5-6,13,18H2,1-4H3/b27-25+. The molecule has 39 heavy (non-hydrogen) atoms. The fourth-order valence-electron chi connectivity index (χ4n) is 4.56. The smallest absolute Gasteiger partial charge is 0.295 e. The zero-order chi connectivity index (χ0) is 27.9. The molecule has 1 aromatic heterocycles. The van der Waals surface area contributed by atoms with Crippen LogP contribution in [0.5, 0.6) is 23.0 Å². The molecule has 9 heteroatoms. The lowest BCUT2D eigenvalue weighted by Gasteiger charge is -2.26. The number of carbonyl (C=O) groups excluding carboxylic acids is 2. The van der Waals surface area contributed by atoms with Crippen molar-refractivity contribution in [2.75, 3.05) is 27.9 Å². The number of likely N-dealkylation sites (tertiary alicyclic amines) is 1. The first-order chi connectivity index (χ1) is 18.9. The Balaban J connectivity index is 1.88. The molecule has 1 aliphatic rings. The average molecular weight is 533 g/mol. The summed E-state index contributed by atoms with van der Waals surface area (Å²) in [7, 11) is 4.46. The summed E-state index contributed by atoms with van der Waals surface area (Å²) in [5.74, 6) is -0.217. The van der Waals surface area contributed by atoms with Crippen molar-refractivity contribution in [2.24, 2.45) is 0 Å². The third kappa shape index (κ3) is 5.67. The van der Waals surface area contributed by atoms with Crippen molar-refractivity contribution in [2.45, 2.75) is 32.4 Å². The van der Waals surface area contributed by atoms with Crippen LogP contribution in [0.2, 0.25) is 0 Å². The monoisotopic (exact) mass is 532 g/mol. The first kappa shape index (κ1) is 27.5. The van der Waals surface area contributed by atoms with Gasteiger partial charge in [0.05, 0.1) is 39.6 Å². The number of rotatable bonds is 11. The van der Waals surface area contributed by atoms with Crippen LogP contribution in [0.4, 0.5) is 0 Å². The number of unbranched alkanes of at least 4 members (excludes halogenated alkanes) is 1. The van der Waals surface area contributed by atoms with Crippen LogP contribution in [-0.2, 0) is 16.1 Å². The minimum atomic E-state index is -0.941. The van der Waals surface area contributed by atoms with Crippen molar-refractivity contribution in [3.8, 4) is 23.0 Å². The molecular formula is C30H32N2O7. The Morgan fingerprint density at radius 3 is 2.36 bits per heavy atom. The summed E-state index contributed by atoms with van der Waals surface area (Å²) >= 11 is 0. The molecular weight excluding hydrogens is 500 g/mol. The van der Waals surface area contributed by atoms with E-state index in [9.17, 15) is 14.7 Å². The van der Waals surface area contributed by atoms with Crippen LogP contribution in [0.25, 0.3) is 5.76 Å². The maximum Gasteiger partial charge on any atom is 0.295 e. The van der Waals surface area contributed by atoms with Crippen molar-refractivity contribution >= 4 is 17.4 Å². The van der Waals surface area contributed by atoms with Crippen molar-refractivity contribution in [3.63, 3.8) is 0 Å². The summed E-state index contributed by atoms with van der Waals surface area (Å²) in [6.45, 7) is 2.69. The van der Waals surface area contributed by atoms with E-state index in [1.807, 2.05) is 6.07 Å². The SMILES string of the molecule is CCCCOc1cccc(/C(O)=C2\C(=O)C(=O)N(Cc3cccnc3)C2c2cc(OC)c(OC)c(OC)c2)c1. The highest BCUT2D eigenvalue weighted by atomic mass is 16.5. The number of pyridine rings is 1. The van der Waals surface area contributed by atoms with Gasteiger partial charge in [-0.3, -0.25) is 14.6 Å². The van der Waals surface area contributed by atoms with Crippen molar-refractivity contribution in [1.82, 2.24) is 9.88 Å². The van der Waals surface area contributed by atoms with Crippen LogP contribution in [0.3, 0.4) is 0 Å². The number of benzene rings is 2. The lowest BCUT2D eigenvalue weighted by Crippen LogP contribution is -2.29. The second kappa shape index (κ2) is 12.3. The number of Topliss-reactive ketones (excluding diaryl/α,β-unsaturated/α-hetero) is 1. The molecule has 0 saturated carbocycles. The van der Waals surface area contributed by atoms with Gasteiger partial charge in [-0.25, -0.2) is 0 Å². The van der Waals surface area contributed by atoms with Crippen LogP contribution in [0.15, 0.2) is 66.5 Å². The van der Waals surface area contributed by atoms with E-state index in [1.54, 1.807) is 54.9 Å². The Labute approximate surface area is 227 Å². The highest BCUT2D eigenvalue weighted by Crippen LogP contribution is 2.46. The molecule has 4 rings (SSSR count). The second-order valence-electron chi connectivity index (χ2n) is 8.98. The number of methoxy groups -OCH3 is 3. The largest absolute Gasteiger partial charge is 0.507 e. The molecule has 1 N–H and O–H groups in total. The number of hydrogen-bond donors (Lipinski definition) is 1. The van der Waals surface area contributed by atoms with Crippen LogP contribution in [0.1, 0.15) is 42.5 Å². The maximum atomic E-state index is 13.5. The van der Waals surface area contributed by atoms with E-state index in [0.717, 1.165) is 18.4 Å². The quantitative estimate of drug-likeness (QED) is 0.161. The van der Waals surface area contributed by atoms with E-state index >= 15 is 0 Å². The van der Waals surface area contributed by atoms with Gasteiger partial charge in [0.15, 0.2) is 11.5 Å². The van der Waals surface area contributed by atoms with Crippen LogP contribution in [0, 0.1) is 0 Å². The third-order valence-corrected chi connectivity index (χ3v) is 6.49. The van der Waals surface area contributed by atoms with Crippen molar-refractivity contribution in [3.05, 3.63) is 83.2 Å². The minimum absolute atomic E-state index is 0.0520. The molecule has 1 fully saturated rings. The van der Waals surface area contributed by atoms with Crippen molar-refractivity contribution in [1.29, 1.82) is 0 Å². The number of aliphatic hydroxyl groups is 1. The van der Waals surface area contributed by atoms with Gasteiger partial charge in [-0.05, 0) is 47.9 Å². The van der Waals surface area contributed by atoms with E-state index < -0.39 is 17.7 Å². The normalized spacial score (nSPS) is 16.3. The number of amides is 1. The molecule has 0 radical (unpaired) electrons. The predicted molar refractivity (Wildman–Crippen MR) is 145 cm³/mol. The highest BCUT2D eigenvalue weighted by Gasteiger charge is 2.46. The predicted octanol–water partition coefficient (Wildman–Crippen LogP) is 4.91. The van der Waals surface area contributed by atoms with Crippen LogP contribution < -0.4 is 18.9 Å². The molecule has 1 amide bonds. The van der Waals surface area contributed by atoms with Gasteiger partial charge < -0.3 is 29.0 Å². The van der Waals surface area contributed by atoms with Gasteiger partial charge in [0.1, 0.15) is 11.5 Å². The van der Waals surface area contributed by atoms with Gasteiger partial charge in [-0.15, -0.1) is 0 Å². The fraction of sp³-hybridized carbons (Fsp3) is 0.300. The average Bonchev–Trinajstić information content (AvgIpc) is 3.21. The first-order valence-electron chi connectivity index (χ1n) is 12.6. The molecule has 0 bridgehead atoms. The lowest BCUT2D eigenvalue weighted by atomic mass is 9.94. The van der Waals surface area contributed by atoms with E-state index in [1.165, 1.54) is 26.2 Å². The number of aromatic nitrogens is 1. The Hall–Kier alpha value is -4.53. The summed E-state index contributed by atoms with van der Waals surface area (Å²) < 4.78 is 22.3. The zero-order valence-electron chi connectivity index (χ0n) is 22.5. The number of aliphatic hydroxyl groups excluding tert-OH is 1. The summed E-state index contributed by atoms with van der Waals surface area (Å²) in [5.41, 5.74) is 1.54. The summed E-state index contributed by atoms with van der Waals surface area (Å²) in [5, 5.41) is 11.5. The van der Waals surface area contributed by atoms with E-state index in [0.29, 0.717) is 40.7 Å². The Morgan fingerprint density at radius 2 is 1.74 bits per heavy atom.